The van der Waals surface area contributed by atoms with Crippen LogP contribution in [0.25, 0.3) is 0 Å². The SMILES string of the molecule is CCN(C(=O)C(N)CC(=O)O)C1CCS(=O)(=O)C1. The summed E-state index contributed by atoms with van der Waals surface area (Å²) in [6.45, 7) is 2.04. The van der Waals surface area contributed by atoms with Crippen LogP contribution < -0.4 is 5.73 Å². The van der Waals surface area contributed by atoms with Crippen molar-refractivity contribution in [3.05, 3.63) is 0 Å². The van der Waals surface area contributed by atoms with Crippen molar-refractivity contribution in [1.29, 1.82) is 0 Å². The summed E-state index contributed by atoms with van der Waals surface area (Å²) in [5.41, 5.74) is 5.51. The molecule has 1 saturated heterocycles. The van der Waals surface area contributed by atoms with Crippen molar-refractivity contribution in [2.45, 2.75) is 31.8 Å². The van der Waals surface area contributed by atoms with E-state index in [4.69, 9.17) is 10.8 Å². The first-order chi connectivity index (χ1) is 8.26. The molecule has 0 aromatic rings. The van der Waals surface area contributed by atoms with E-state index in [0.29, 0.717) is 13.0 Å². The van der Waals surface area contributed by atoms with Gasteiger partial charge in [0.1, 0.15) is 0 Å². The Labute approximate surface area is 106 Å². The number of aliphatic carboxylic acids is 1. The summed E-state index contributed by atoms with van der Waals surface area (Å²) >= 11 is 0. The minimum Gasteiger partial charge on any atom is -0.481 e. The summed E-state index contributed by atoms with van der Waals surface area (Å²) in [4.78, 5) is 23.8. The molecule has 18 heavy (non-hydrogen) atoms. The van der Waals surface area contributed by atoms with Crippen LogP contribution in [0, 0.1) is 0 Å². The summed E-state index contributed by atoms with van der Waals surface area (Å²) in [5.74, 6) is -1.64. The molecule has 1 rings (SSSR count). The molecule has 1 amide bonds. The number of carbonyl (C=O) groups excluding carboxylic acids is 1. The molecule has 0 aromatic heterocycles. The third-order valence-corrected chi connectivity index (χ3v) is 4.74. The second kappa shape index (κ2) is 5.66. The van der Waals surface area contributed by atoms with Crippen LogP contribution in [-0.4, -0.2) is 60.4 Å². The third-order valence-electron chi connectivity index (χ3n) is 2.98. The lowest BCUT2D eigenvalue weighted by Crippen LogP contribution is -2.49. The summed E-state index contributed by atoms with van der Waals surface area (Å²) in [6, 6.07) is -1.50. The highest BCUT2D eigenvalue weighted by molar-refractivity contribution is 7.91. The van der Waals surface area contributed by atoms with Gasteiger partial charge in [-0.1, -0.05) is 0 Å². The molecular weight excluding hydrogens is 260 g/mol. The molecule has 0 radical (unpaired) electrons. The molecule has 1 aliphatic rings. The van der Waals surface area contributed by atoms with E-state index >= 15 is 0 Å². The number of amides is 1. The smallest absolute Gasteiger partial charge is 0.305 e. The maximum Gasteiger partial charge on any atom is 0.305 e. The Balaban J connectivity index is 2.72. The minimum atomic E-state index is -3.08. The standard InChI is InChI=1S/C10H18N2O5S/c1-2-12(7-3-4-18(16,17)6-7)10(15)8(11)5-9(13)14/h7-8H,2-6,11H2,1H3,(H,13,14). The van der Waals surface area contributed by atoms with Gasteiger partial charge >= 0.3 is 5.97 Å². The van der Waals surface area contributed by atoms with E-state index in [9.17, 15) is 18.0 Å². The van der Waals surface area contributed by atoms with Crippen LogP contribution in [0.3, 0.4) is 0 Å². The van der Waals surface area contributed by atoms with Crippen molar-refractivity contribution < 1.29 is 23.1 Å². The number of rotatable bonds is 5. The maximum absolute atomic E-state index is 12.0. The zero-order valence-corrected chi connectivity index (χ0v) is 11.0. The summed E-state index contributed by atoms with van der Waals surface area (Å²) in [5, 5.41) is 8.59. The van der Waals surface area contributed by atoms with E-state index in [1.54, 1.807) is 6.92 Å². The molecule has 0 saturated carbocycles. The maximum atomic E-state index is 12.0. The number of nitrogens with two attached hydrogens (primary N) is 1. The van der Waals surface area contributed by atoms with E-state index in [0.717, 1.165) is 0 Å². The highest BCUT2D eigenvalue weighted by Gasteiger charge is 2.35. The van der Waals surface area contributed by atoms with Gasteiger partial charge in [-0.15, -0.1) is 0 Å². The van der Waals surface area contributed by atoms with Gasteiger partial charge in [0, 0.05) is 12.6 Å². The summed E-state index contributed by atoms with van der Waals surface area (Å²) < 4.78 is 22.7. The van der Waals surface area contributed by atoms with E-state index < -0.39 is 34.2 Å². The Morgan fingerprint density at radius 2 is 2.11 bits per heavy atom. The van der Waals surface area contributed by atoms with Crippen molar-refractivity contribution in [3.63, 3.8) is 0 Å². The molecule has 8 heteroatoms. The molecule has 2 atom stereocenters. The quantitative estimate of drug-likeness (QED) is 0.654. The summed E-state index contributed by atoms with van der Waals surface area (Å²) in [7, 11) is -3.08. The number of carbonyl (C=O) groups is 2. The van der Waals surface area contributed by atoms with Gasteiger partial charge in [-0.2, -0.15) is 0 Å². The Morgan fingerprint density at radius 1 is 1.50 bits per heavy atom. The van der Waals surface area contributed by atoms with Gasteiger partial charge in [0.2, 0.25) is 5.91 Å². The topological polar surface area (TPSA) is 118 Å². The van der Waals surface area contributed by atoms with Gasteiger partial charge in [-0.05, 0) is 13.3 Å². The molecule has 0 aromatic carbocycles. The molecular formula is C10H18N2O5S. The predicted molar refractivity (Wildman–Crippen MR) is 64.7 cm³/mol. The Bertz CT molecular complexity index is 434. The predicted octanol–water partition coefficient (Wildman–Crippen LogP) is -1.18. The second-order valence-corrected chi connectivity index (χ2v) is 6.61. The largest absolute Gasteiger partial charge is 0.481 e. The molecule has 0 bridgehead atoms. The van der Waals surface area contributed by atoms with Crippen molar-refractivity contribution in [2.24, 2.45) is 5.73 Å². The fourth-order valence-electron chi connectivity index (χ4n) is 2.10. The third kappa shape index (κ3) is 3.67. The van der Waals surface area contributed by atoms with Crippen LogP contribution in [-0.2, 0) is 19.4 Å². The van der Waals surface area contributed by atoms with Gasteiger partial charge < -0.3 is 15.7 Å². The van der Waals surface area contributed by atoms with Crippen LogP contribution in [0.4, 0.5) is 0 Å². The molecule has 1 fully saturated rings. The lowest BCUT2D eigenvalue weighted by molar-refractivity contribution is -0.142. The number of sulfone groups is 1. The number of hydrogen-bond acceptors (Lipinski definition) is 5. The zero-order chi connectivity index (χ0) is 13.9. The van der Waals surface area contributed by atoms with Crippen LogP contribution in [0.5, 0.6) is 0 Å². The molecule has 3 N–H and O–H groups in total. The zero-order valence-electron chi connectivity index (χ0n) is 10.2. The van der Waals surface area contributed by atoms with Crippen LogP contribution >= 0.6 is 0 Å². The van der Waals surface area contributed by atoms with Crippen molar-refractivity contribution in [3.8, 4) is 0 Å². The highest BCUT2D eigenvalue weighted by atomic mass is 32.2. The van der Waals surface area contributed by atoms with E-state index in [2.05, 4.69) is 0 Å². The number of likely N-dealkylation sites (N-methyl/N-ethyl adjacent to an activating group) is 1. The fourth-order valence-corrected chi connectivity index (χ4v) is 3.83. The van der Waals surface area contributed by atoms with Gasteiger partial charge in [0.15, 0.2) is 9.84 Å². The van der Waals surface area contributed by atoms with E-state index in [-0.39, 0.29) is 17.5 Å². The van der Waals surface area contributed by atoms with Gasteiger partial charge in [0.05, 0.1) is 24.0 Å². The molecule has 1 heterocycles. The Morgan fingerprint density at radius 3 is 2.50 bits per heavy atom. The number of nitrogens with zero attached hydrogens (tertiary/aromatic N) is 1. The van der Waals surface area contributed by atoms with Gasteiger partial charge in [-0.3, -0.25) is 9.59 Å². The number of hydrogen-bond donors (Lipinski definition) is 2. The molecule has 0 spiro atoms. The second-order valence-electron chi connectivity index (χ2n) is 4.39. The van der Waals surface area contributed by atoms with E-state index in [1.165, 1.54) is 4.90 Å². The number of carboxylic acids is 1. The Hall–Kier alpha value is -1.15. The molecule has 7 nitrogen and oxygen atoms in total. The fraction of sp³-hybridized carbons (Fsp3) is 0.800. The molecule has 1 aliphatic heterocycles. The first-order valence-corrected chi connectivity index (χ1v) is 7.57. The monoisotopic (exact) mass is 278 g/mol. The Kier molecular flexibility index (Phi) is 4.69. The average Bonchev–Trinajstić information content (AvgIpc) is 2.58. The van der Waals surface area contributed by atoms with Crippen molar-refractivity contribution in [2.75, 3.05) is 18.1 Å². The average molecular weight is 278 g/mol. The summed E-state index contributed by atoms with van der Waals surface area (Å²) in [6.07, 6.45) is -0.0590. The first-order valence-electron chi connectivity index (χ1n) is 5.75. The molecule has 2 unspecified atom stereocenters. The highest BCUT2D eigenvalue weighted by Crippen LogP contribution is 2.18. The van der Waals surface area contributed by atoms with Crippen LogP contribution in [0.15, 0.2) is 0 Å². The molecule has 104 valence electrons. The van der Waals surface area contributed by atoms with Gasteiger partial charge in [-0.25, -0.2) is 8.42 Å². The lowest BCUT2D eigenvalue weighted by Gasteiger charge is -2.29. The van der Waals surface area contributed by atoms with Crippen LogP contribution in [0.1, 0.15) is 19.8 Å². The first kappa shape index (κ1) is 14.9. The minimum absolute atomic E-state index is 0.0631. The molecule has 0 aliphatic carbocycles. The van der Waals surface area contributed by atoms with Gasteiger partial charge in [0.25, 0.3) is 0 Å². The van der Waals surface area contributed by atoms with Crippen molar-refractivity contribution >= 4 is 21.7 Å². The number of carboxylic acid groups (broad SMARTS) is 1. The lowest BCUT2D eigenvalue weighted by atomic mass is 10.1. The normalized spacial score (nSPS) is 23.6. The van der Waals surface area contributed by atoms with E-state index in [1.807, 2.05) is 0 Å². The van der Waals surface area contributed by atoms with Crippen molar-refractivity contribution in [1.82, 2.24) is 4.90 Å². The van der Waals surface area contributed by atoms with Crippen LogP contribution in [0.2, 0.25) is 0 Å².